The van der Waals surface area contributed by atoms with Crippen LogP contribution in [-0.2, 0) is 11.3 Å². The summed E-state index contributed by atoms with van der Waals surface area (Å²) in [6.07, 6.45) is 0.579. The highest BCUT2D eigenvalue weighted by Crippen LogP contribution is 2.18. The summed E-state index contributed by atoms with van der Waals surface area (Å²) in [5, 5.41) is 0.214. The summed E-state index contributed by atoms with van der Waals surface area (Å²) in [6, 6.07) is 10.1. The molecule has 1 aromatic carbocycles. The molecule has 1 heterocycles. The van der Waals surface area contributed by atoms with E-state index in [2.05, 4.69) is 12.6 Å². The molecule has 1 atom stereocenters. The zero-order valence-electron chi connectivity index (χ0n) is 7.89. The highest BCUT2D eigenvalue weighted by Gasteiger charge is 2.26. The largest absolute Gasteiger partial charge is 0.337 e. The second kappa shape index (κ2) is 4.05. The Morgan fingerprint density at radius 1 is 1.36 bits per heavy atom. The highest BCUT2D eigenvalue weighted by atomic mass is 32.1. The molecule has 0 saturated carbocycles. The smallest absolute Gasteiger partial charge is 0.224 e. The van der Waals surface area contributed by atoms with Gasteiger partial charge in [-0.05, 0) is 5.56 Å². The predicted molar refractivity (Wildman–Crippen MR) is 59.3 cm³/mol. The van der Waals surface area contributed by atoms with E-state index in [1.54, 1.807) is 0 Å². The first-order chi connectivity index (χ1) is 6.75. The Balaban J connectivity index is 2.02. The van der Waals surface area contributed by atoms with Crippen molar-refractivity contribution in [3.63, 3.8) is 0 Å². The molecule has 0 radical (unpaired) electrons. The van der Waals surface area contributed by atoms with Crippen molar-refractivity contribution in [2.24, 2.45) is 0 Å². The van der Waals surface area contributed by atoms with E-state index in [9.17, 15) is 4.79 Å². The normalized spacial score (nSPS) is 21.6. The number of amides is 1. The van der Waals surface area contributed by atoms with Gasteiger partial charge in [0.25, 0.3) is 0 Å². The van der Waals surface area contributed by atoms with Crippen molar-refractivity contribution in [2.75, 3.05) is 6.54 Å². The van der Waals surface area contributed by atoms with Gasteiger partial charge in [0.05, 0.1) is 0 Å². The van der Waals surface area contributed by atoms with E-state index < -0.39 is 0 Å². The molecule has 0 bridgehead atoms. The first-order valence-corrected chi connectivity index (χ1v) is 5.27. The van der Waals surface area contributed by atoms with Gasteiger partial charge in [-0.2, -0.15) is 12.6 Å². The molecule has 3 heteroatoms. The standard InChI is InChI=1S/C11H13NOS/c13-11-6-10(14)8-12(11)7-9-4-2-1-3-5-9/h1-5,10,14H,6-8H2. The topological polar surface area (TPSA) is 20.3 Å². The molecule has 2 nitrogen and oxygen atoms in total. The van der Waals surface area contributed by atoms with Crippen molar-refractivity contribution in [2.45, 2.75) is 18.2 Å². The summed E-state index contributed by atoms with van der Waals surface area (Å²) in [7, 11) is 0. The molecule has 1 unspecified atom stereocenters. The van der Waals surface area contributed by atoms with Crippen LogP contribution in [0, 0.1) is 0 Å². The fraction of sp³-hybridized carbons (Fsp3) is 0.364. The van der Waals surface area contributed by atoms with Gasteiger partial charge in [0.15, 0.2) is 0 Å². The Bertz CT molecular complexity index is 325. The molecule has 0 N–H and O–H groups in total. The molecule has 74 valence electrons. The second-order valence-electron chi connectivity index (χ2n) is 3.62. The van der Waals surface area contributed by atoms with E-state index in [-0.39, 0.29) is 11.2 Å². The van der Waals surface area contributed by atoms with Crippen LogP contribution in [0.4, 0.5) is 0 Å². The summed E-state index contributed by atoms with van der Waals surface area (Å²) >= 11 is 4.31. The molecule has 0 spiro atoms. The number of nitrogens with zero attached hydrogens (tertiary/aromatic N) is 1. The van der Waals surface area contributed by atoms with Crippen LogP contribution in [0.25, 0.3) is 0 Å². The number of carbonyl (C=O) groups is 1. The lowest BCUT2D eigenvalue weighted by Crippen LogP contribution is -2.24. The molecule has 1 fully saturated rings. The van der Waals surface area contributed by atoms with E-state index in [1.165, 1.54) is 5.56 Å². The summed E-state index contributed by atoms with van der Waals surface area (Å²) in [5.74, 6) is 0.217. The minimum Gasteiger partial charge on any atom is -0.337 e. The van der Waals surface area contributed by atoms with E-state index in [1.807, 2.05) is 35.2 Å². The average molecular weight is 207 g/mol. The maximum Gasteiger partial charge on any atom is 0.224 e. The van der Waals surface area contributed by atoms with Crippen LogP contribution in [0.2, 0.25) is 0 Å². The molecule has 1 aliphatic rings. The maximum absolute atomic E-state index is 11.5. The minimum atomic E-state index is 0.214. The summed E-state index contributed by atoms with van der Waals surface area (Å²) in [6.45, 7) is 1.49. The van der Waals surface area contributed by atoms with Gasteiger partial charge in [-0.3, -0.25) is 4.79 Å². The van der Waals surface area contributed by atoms with Crippen LogP contribution in [0.1, 0.15) is 12.0 Å². The third-order valence-electron chi connectivity index (χ3n) is 2.41. The van der Waals surface area contributed by atoms with Crippen LogP contribution in [0.5, 0.6) is 0 Å². The molecule has 14 heavy (non-hydrogen) atoms. The Kier molecular flexibility index (Phi) is 2.77. The van der Waals surface area contributed by atoms with Gasteiger partial charge in [-0.25, -0.2) is 0 Å². The Morgan fingerprint density at radius 2 is 2.07 bits per heavy atom. The maximum atomic E-state index is 11.5. The van der Waals surface area contributed by atoms with Crippen LogP contribution < -0.4 is 0 Å². The quantitative estimate of drug-likeness (QED) is 0.732. The number of hydrogen-bond donors (Lipinski definition) is 1. The third kappa shape index (κ3) is 2.10. The monoisotopic (exact) mass is 207 g/mol. The van der Waals surface area contributed by atoms with E-state index in [0.29, 0.717) is 6.42 Å². The number of likely N-dealkylation sites (tertiary alicyclic amines) is 1. The second-order valence-corrected chi connectivity index (χ2v) is 4.35. The van der Waals surface area contributed by atoms with Crippen molar-refractivity contribution in [1.29, 1.82) is 0 Å². The lowest BCUT2D eigenvalue weighted by molar-refractivity contribution is -0.128. The first kappa shape index (κ1) is 9.59. The number of rotatable bonds is 2. The molecule has 1 aliphatic heterocycles. The van der Waals surface area contributed by atoms with Crippen molar-refractivity contribution >= 4 is 18.5 Å². The molecular formula is C11H13NOS. The molecule has 0 aromatic heterocycles. The van der Waals surface area contributed by atoms with Crippen LogP contribution in [0.3, 0.4) is 0 Å². The van der Waals surface area contributed by atoms with E-state index in [0.717, 1.165) is 13.1 Å². The summed E-state index contributed by atoms with van der Waals surface area (Å²) < 4.78 is 0. The van der Waals surface area contributed by atoms with Crippen molar-refractivity contribution in [1.82, 2.24) is 4.90 Å². The Hall–Kier alpha value is -0.960. The Morgan fingerprint density at radius 3 is 2.64 bits per heavy atom. The van der Waals surface area contributed by atoms with Crippen LogP contribution >= 0.6 is 12.6 Å². The van der Waals surface area contributed by atoms with Gasteiger partial charge in [0, 0.05) is 24.8 Å². The molecule has 1 aromatic rings. The number of thiol groups is 1. The predicted octanol–water partition coefficient (Wildman–Crippen LogP) is 1.72. The van der Waals surface area contributed by atoms with Crippen molar-refractivity contribution < 1.29 is 4.79 Å². The molecular weight excluding hydrogens is 194 g/mol. The third-order valence-corrected chi connectivity index (χ3v) is 2.76. The lowest BCUT2D eigenvalue weighted by Gasteiger charge is -2.15. The van der Waals surface area contributed by atoms with Crippen LogP contribution in [0.15, 0.2) is 30.3 Å². The van der Waals surface area contributed by atoms with Gasteiger partial charge in [0.2, 0.25) is 5.91 Å². The molecule has 1 saturated heterocycles. The number of carbonyl (C=O) groups excluding carboxylic acids is 1. The van der Waals surface area contributed by atoms with Crippen molar-refractivity contribution in [3.8, 4) is 0 Å². The van der Waals surface area contributed by atoms with E-state index >= 15 is 0 Å². The summed E-state index contributed by atoms with van der Waals surface area (Å²) in [5.41, 5.74) is 1.18. The Labute approximate surface area is 89.3 Å². The summed E-state index contributed by atoms with van der Waals surface area (Å²) in [4.78, 5) is 13.3. The molecule has 1 amide bonds. The van der Waals surface area contributed by atoms with Gasteiger partial charge in [-0.15, -0.1) is 0 Å². The SMILES string of the molecule is O=C1CC(S)CN1Cc1ccccc1. The van der Waals surface area contributed by atoms with Crippen LogP contribution in [-0.4, -0.2) is 22.6 Å². The zero-order chi connectivity index (χ0) is 9.97. The van der Waals surface area contributed by atoms with Gasteiger partial charge in [-0.1, -0.05) is 30.3 Å². The zero-order valence-corrected chi connectivity index (χ0v) is 8.78. The molecule has 2 rings (SSSR count). The minimum absolute atomic E-state index is 0.214. The van der Waals surface area contributed by atoms with E-state index in [4.69, 9.17) is 0 Å². The van der Waals surface area contributed by atoms with Gasteiger partial charge in [0.1, 0.15) is 0 Å². The number of hydrogen-bond acceptors (Lipinski definition) is 2. The average Bonchev–Trinajstić information content (AvgIpc) is 2.47. The fourth-order valence-corrected chi connectivity index (χ4v) is 2.06. The number of benzene rings is 1. The van der Waals surface area contributed by atoms with Gasteiger partial charge >= 0.3 is 0 Å². The first-order valence-electron chi connectivity index (χ1n) is 4.75. The molecule has 0 aliphatic carbocycles. The fourth-order valence-electron chi connectivity index (χ4n) is 1.71. The highest BCUT2D eigenvalue weighted by molar-refractivity contribution is 7.81. The van der Waals surface area contributed by atoms with Gasteiger partial charge < -0.3 is 4.90 Å². The van der Waals surface area contributed by atoms with Crippen molar-refractivity contribution in [3.05, 3.63) is 35.9 Å². The lowest BCUT2D eigenvalue weighted by atomic mass is 10.2.